The van der Waals surface area contributed by atoms with Gasteiger partial charge in [-0.05, 0) is 0 Å². The summed E-state index contributed by atoms with van der Waals surface area (Å²) in [6, 6.07) is 0. The summed E-state index contributed by atoms with van der Waals surface area (Å²) >= 11 is 0. The molecule has 66 valence electrons. The average Bonchev–Trinajstić information content (AvgIpc) is 1.84. The summed E-state index contributed by atoms with van der Waals surface area (Å²) in [5.74, 6) is -8.30. The Labute approximate surface area is 57.0 Å². The van der Waals surface area contributed by atoms with E-state index < -0.39 is 24.6 Å². The SMILES string of the molecule is O=C(C(F)(F)F)C(F)(F)CF. The van der Waals surface area contributed by atoms with E-state index in [2.05, 4.69) is 0 Å². The Morgan fingerprint density at radius 3 is 1.55 bits per heavy atom. The number of Topliss-reactive ketones (excluding diaryl/α,β-unsaturated/α-hetero) is 1. The monoisotopic (exact) mass is 180 g/mol. The zero-order chi connectivity index (χ0) is 9.28. The van der Waals surface area contributed by atoms with Gasteiger partial charge in [0, 0.05) is 0 Å². The van der Waals surface area contributed by atoms with Crippen molar-refractivity contribution >= 4 is 5.78 Å². The number of carbonyl (C=O) groups is 1. The zero-order valence-corrected chi connectivity index (χ0v) is 4.88. The molecule has 0 aromatic carbocycles. The maximum atomic E-state index is 11.6. The van der Waals surface area contributed by atoms with Crippen molar-refractivity contribution in [2.24, 2.45) is 0 Å². The Kier molecular flexibility index (Phi) is 2.52. The number of hydrogen-bond donors (Lipinski definition) is 0. The van der Waals surface area contributed by atoms with Crippen LogP contribution in [0.15, 0.2) is 0 Å². The van der Waals surface area contributed by atoms with Gasteiger partial charge >= 0.3 is 17.9 Å². The van der Waals surface area contributed by atoms with Gasteiger partial charge in [0.05, 0.1) is 0 Å². The van der Waals surface area contributed by atoms with Crippen molar-refractivity contribution in [3.8, 4) is 0 Å². The fourth-order valence-electron chi connectivity index (χ4n) is 0.268. The molecule has 0 heterocycles. The molecule has 7 heteroatoms. The molecular formula is C4H2F6O. The van der Waals surface area contributed by atoms with Crippen LogP contribution in [0.2, 0.25) is 0 Å². The van der Waals surface area contributed by atoms with Gasteiger partial charge in [-0.15, -0.1) is 0 Å². The number of hydrogen-bond acceptors (Lipinski definition) is 1. The number of carbonyl (C=O) groups excluding carboxylic acids is 1. The second kappa shape index (κ2) is 2.71. The quantitative estimate of drug-likeness (QED) is 0.591. The maximum Gasteiger partial charge on any atom is 0.456 e. The predicted molar refractivity (Wildman–Crippen MR) is 22.0 cm³/mol. The van der Waals surface area contributed by atoms with E-state index >= 15 is 0 Å². The normalized spacial score (nSPS) is 13.3. The predicted octanol–water partition coefficient (Wildman–Crippen LogP) is 1.72. The van der Waals surface area contributed by atoms with Gasteiger partial charge in [-0.25, -0.2) is 4.39 Å². The van der Waals surface area contributed by atoms with Gasteiger partial charge in [-0.3, -0.25) is 4.79 Å². The van der Waals surface area contributed by atoms with E-state index in [9.17, 15) is 31.1 Å². The lowest BCUT2D eigenvalue weighted by molar-refractivity contribution is -0.196. The van der Waals surface area contributed by atoms with Crippen molar-refractivity contribution in [3.05, 3.63) is 0 Å². The maximum absolute atomic E-state index is 11.6. The van der Waals surface area contributed by atoms with Crippen molar-refractivity contribution in [3.63, 3.8) is 0 Å². The minimum Gasteiger partial charge on any atom is -0.283 e. The summed E-state index contributed by atoms with van der Waals surface area (Å²) in [6.45, 7) is -2.63. The molecule has 0 fully saturated rings. The smallest absolute Gasteiger partial charge is 0.283 e. The topological polar surface area (TPSA) is 17.1 Å². The highest BCUT2D eigenvalue weighted by atomic mass is 19.4. The van der Waals surface area contributed by atoms with Gasteiger partial charge in [0.25, 0.3) is 0 Å². The molecule has 0 radical (unpaired) electrons. The second-order valence-electron chi connectivity index (χ2n) is 1.66. The van der Waals surface area contributed by atoms with E-state index in [1.807, 2.05) is 0 Å². The van der Waals surface area contributed by atoms with Gasteiger partial charge in [0.2, 0.25) is 0 Å². The van der Waals surface area contributed by atoms with E-state index in [0.717, 1.165) is 0 Å². The summed E-state index contributed by atoms with van der Waals surface area (Å²) in [4.78, 5) is 9.60. The third-order valence-electron chi connectivity index (χ3n) is 0.757. The molecule has 0 bridgehead atoms. The van der Waals surface area contributed by atoms with Crippen LogP contribution in [0.4, 0.5) is 26.3 Å². The molecule has 0 aliphatic carbocycles. The molecule has 0 aliphatic heterocycles. The Morgan fingerprint density at radius 1 is 1.09 bits per heavy atom. The molecule has 0 rings (SSSR count). The Morgan fingerprint density at radius 2 is 1.45 bits per heavy atom. The minimum atomic E-state index is -5.68. The highest BCUT2D eigenvalue weighted by molar-refractivity contribution is 5.90. The van der Waals surface area contributed by atoms with Gasteiger partial charge in [0.1, 0.15) is 0 Å². The summed E-state index contributed by atoms with van der Waals surface area (Å²) < 4.78 is 67.7. The van der Waals surface area contributed by atoms with Crippen LogP contribution in [0, 0.1) is 0 Å². The second-order valence-corrected chi connectivity index (χ2v) is 1.66. The van der Waals surface area contributed by atoms with E-state index in [1.54, 1.807) is 0 Å². The lowest BCUT2D eigenvalue weighted by atomic mass is 10.2. The lowest BCUT2D eigenvalue weighted by Gasteiger charge is -2.11. The third kappa shape index (κ3) is 2.39. The molecule has 1 nitrogen and oxygen atoms in total. The molecule has 0 saturated heterocycles. The molecule has 0 amide bonds. The fourth-order valence-corrected chi connectivity index (χ4v) is 0.268. The molecule has 0 aliphatic rings. The standard InChI is InChI=1S/C4H2F6O/c5-1-3(6,7)2(11)4(8,9)10/h1H2. The first-order chi connectivity index (χ1) is 4.72. The number of ketones is 1. The average molecular weight is 180 g/mol. The van der Waals surface area contributed by atoms with E-state index in [0.29, 0.717) is 0 Å². The van der Waals surface area contributed by atoms with Gasteiger partial charge < -0.3 is 0 Å². The fraction of sp³-hybridized carbons (Fsp3) is 0.750. The largest absolute Gasteiger partial charge is 0.456 e. The highest BCUT2D eigenvalue weighted by Crippen LogP contribution is 2.27. The van der Waals surface area contributed by atoms with Crippen molar-refractivity contribution in [1.82, 2.24) is 0 Å². The third-order valence-corrected chi connectivity index (χ3v) is 0.757. The first-order valence-electron chi connectivity index (χ1n) is 2.27. The molecular weight excluding hydrogens is 178 g/mol. The minimum absolute atomic E-state index is 2.63. The van der Waals surface area contributed by atoms with Crippen LogP contribution in [-0.4, -0.2) is 24.6 Å². The molecule has 0 atom stereocenters. The van der Waals surface area contributed by atoms with E-state index in [4.69, 9.17) is 0 Å². The first-order valence-corrected chi connectivity index (χ1v) is 2.27. The molecule has 11 heavy (non-hydrogen) atoms. The van der Waals surface area contributed by atoms with Crippen molar-refractivity contribution in [2.45, 2.75) is 12.1 Å². The lowest BCUT2D eigenvalue weighted by Crippen LogP contribution is -2.41. The highest BCUT2D eigenvalue weighted by Gasteiger charge is 2.54. The van der Waals surface area contributed by atoms with Crippen LogP contribution in [0.1, 0.15) is 0 Å². The van der Waals surface area contributed by atoms with Crippen LogP contribution in [0.3, 0.4) is 0 Å². The number of rotatable bonds is 2. The van der Waals surface area contributed by atoms with Crippen LogP contribution < -0.4 is 0 Å². The van der Waals surface area contributed by atoms with E-state index in [-0.39, 0.29) is 0 Å². The summed E-state index contributed by atoms with van der Waals surface area (Å²) in [5.41, 5.74) is 0. The Balaban J connectivity index is 4.50. The van der Waals surface area contributed by atoms with Crippen molar-refractivity contribution in [2.75, 3.05) is 6.67 Å². The Hall–Kier alpha value is -0.750. The summed E-state index contributed by atoms with van der Waals surface area (Å²) in [7, 11) is 0. The molecule has 0 aromatic heterocycles. The molecule has 0 aromatic rings. The summed E-state index contributed by atoms with van der Waals surface area (Å²) in [6.07, 6.45) is -5.68. The molecule has 0 N–H and O–H groups in total. The van der Waals surface area contributed by atoms with Crippen LogP contribution >= 0.6 is 0 Å². The summed E-state index contributed by atoms with van der Waals surface area (Å²) in [5, 5.41) is 0. The first kappa shape index (κ1) is 10.2. The number of halogens is 6. The molecule has 0 saturated carbocycles. The molecule has 0 unspecified atom stereocenters. The number of alkyl halides is 6. The van der Waals surface area contributed by atoms with E-state index in [1.165, 1.54) is 0 Å². The van der Waals surface area contributed by atoms with Gasteiger partial charge in [-0.2, -0.15) is 22.0 Å². The Bertz CT molecular complexity index is 158. The van der Waals surface area contributed by atoms with Crippen LogP contribution in [0.5, 0.6) is 0 Å². The van der Waals surface area contributed by atoms with Gasteiger partial charge in [-0.1, -0.05) is 0 Å². The van der Waals surface area contributed by atoms with Crippen molar-refractivity contribution in [1.29, 1.82) is 0 Å². The van der Waals surface area contributed by atoms with Crippen LogP contribution in [0.25, 0.3) is 0 Å². The van der Waals surface area contributed by atoms with Crippen molar-refractivity contribution < 1.29 is 31.1 Å². The van der Waals surface area contributed by atoms with Gasteiger partial charge in [0.15, 0.2) is 6.67 Å². The van der Waals surface area contributed by atoms with Crippen LogP contribution in [-0.2, 0) is 4.79 Å². The zero-order valence-electron chi connectivity index (χ0n) is 4.88. The molecule has 0 spiro atoms.